The maximum absolute atomic E-state index is 13.4. The molecule has 0 bridgehead atoms. The van der Waals surface area contributed by atoms with E-state index in [4.69, 9.17) is 0 Å². The third-order valence-corrected chi connectivity index (χ3v) is 9.10. The smallest absolute Gasteiger partial charge is 0.174 e. The van der Waals surface area contributed by atoms with Crippen LogP contribution in [0, 0.1) is 0 Å². The maximum Gasteiger partial charge on any atom is 0.491 e. The fourth-order valence-corrected chi connectivity index (χ4v) is 6.81. The Bertz CT molecular complexity index is 688. The molecule has 0 saturated carbocycles. The first-order valence-corrected chi connectivity index (χ1v) is 9.34. The molecule has 0 spiro atoms. The van der Waals surface area contributed by atoms with Crippen LogP contribution in [0.1, 0.15) is 19.3 Å². The molecule has 1 rings (SSSR count). The van der Waals surface area contributed by atoms with E-state index in [9.17, 15) is 60.7 Å². The molecule has 0 aromatic heterocycles. The summed E-state index contributed by atoms with van der Waals surface area (Å²) in [5.74, 6) is 0. The quantitative estimate of drug-likeness (QED) is 0.488. The van der Waals surface area contributed by atoms with Crippen LogP contribution in [0.2, 0.25) is 0 Å². The van der Waals surface area contributed by atoms with Gasteiger partial charge in [-0.15, -0.1) is 3.29 Å². The minimum absolute atomic E-state index is 0.180. The van der Waals surface area contributed by atoms with Gasteiger partial charge in [0.1, 0.15) is 13.1 Å². The van der Waals surface area contributed by atoms with E-state index in [0.717, 1.165) is 0 Å². The average Bonchev–Trinajstić information content (AvgIpc) is 2.44. The highest BCUT2D eigenvalue weighted by atomic mass is 32.3. The molecule has 0 aromatic carbocycles. The summed E-state index contributed by atoms with van der Waals surface area (Å²) in [6.45, 7) is -3.63. The minimum atomic E-state index is -7.47. The van der Waals surface area contributed by atoms with Crippen LogP contribution >= 0.6 is 0 Å². The van der Waals surface area contributed by atoms with Crippen LogP contribution in [0.25, 0.3) is 0 Å². The van der Waals surface area contributed by atoms with Crippen molar-refractivity contribution in [2.75, 3.05) is 13.1 Å². The van der Waals surface area contributed by atoms with Crippen molar-refractivity contribution in [3.63, 3.8) is 0 Å². The predicted molar refractivity (Wildman–Crippen MR) is 63.7 cm³/mol. The van der Waals surface area contributed by atoms with Gasteiger partial charge in [0, 0.05) is 0 Å². The molecule has 0 N–H and O–H groups in total. The molecular formula is C9H10F10NO4S2+. The van der Waals surface area contributed by atoms with E-state index in [2.05, 4.69) is 0 Å². The highest BCUT2D eigenvalue weighted by molar-refractivity contribution is 7.99. The van der Waals surface area contributed by atoms with E-state index < -0.39 is 72.1 Å². The van der Waals surface area contributed by atoms with E-state index >= 15 is 0 Å². The van der Waals surface area contributed by atoms with Gasteiger partial charge >= 0.3 is 42.9 Å². The van der Waals surface area contributed by atoms with Crippen molar-refractivity contribution in [3.05, 3.63) is 0 Å². The summed E-state index contributed by atoms with van der Waals surface area (Å²) < 4.78 is 172. The topological polar surface area (TPSA) is 68.3 Å². The van der Waals surface area contributed by atoms with Crippen molar-refractivity contribution >= 4 is 20.0 Å². The number of rotatable bonds is 4. The molecule has 1 saturated heterocycles. The minimum Gasteiger partial charge on any atom is -0.174 e. The molecule has 26 heavy (non-hydrogen) atoms. The first-order valence-electron chi connectivity index (χ1n) is 6.46. The molecule has 156 valence electrons. The fourth-order valence-electron chi connectivity index (χ4n) is 2.31. The predicted octanol–water partition coefficient (Wildman–Crippen LogP) is 2.96. The Hall–Kier alpha value is -0.840. The van der Waals surface area contributed by atoms with E-state index in [1.165, 1.54) is 0 Å². The van der Waals surface area contributed by atoms with Gasteiger partial charge in [0.2, 0.25) is 0 Å². The van der Waals surface area contributed by atoms with Crippen molar-refractivity contribution in [1.82, 2.24) is 0 Å². The Kier molecular flexibility index (Phi) is 5.43. The Morgan fingerprint density at radius 1 is 0.538 bits per heavy atom. The molecule has 1 aliphatic heterocycles. The van der Waals surface area contributed by atoms with Gasteiger partial charge in [0.25, 0.3) is 0 Å². The van der Waals surface area contributed by atoms with Crippen LogP contribution < -0.4 is 0 Å². The number of alkyl halides is 10. The van der Waals surface area contributed by atoms with Crippen LogP contribution in [0.5, 0.6) is 0 Å². The number of nitrogens with zero attached hydrogens (tertiary/aromatic N) is 1. The standard InChI is InChI=1S/C9H10F10NO4S2/c10-6(11,12)8(16,17)25(21,22)20(4-2-1-3-5-20)26(23,24)9(18,19)7(13,14)15/h1-5H2/q+1. The number of hydrogen-bond donors (Lipinski definition) is 0. The lowest BCUT2D eigenvalue weighted by Gasteiger charge is -2.41. The van der Waals surface area contributed by atoms with E-state index in [1.54, 1.807) is 0 Å². The van der Waals surface area contributed by atoms with Crippen LogP contribution in [0.4, 0.5) is 43.9 Å². The summed E-state index contributed by atoms with van der Waals surface area (Å²) in [5, 5.41) is -13.8. The van der Waals surface area contributed by atoms with Gasteiger partial charge < -0.3 is 0 Å². The second-order valence-electron chi connectivity index (χ2n) is 5.30. The van der Waals surface area contributed by atoms with Gasteiger partial charge in [0.05, 0.1) is 0 Å². The summed E-state index contributed by atoms with van der Waals surface area (Å²) in [4.78, 5) is 0. The number of piperidine rings is 1. The van der Waals surface area contributed by atoms with Gasteiger partial charge in [-0.05, 0) is 19.3 Å². The molecule has 17 heteroatoms. The highest BCUT2D eigenvalue weighted by Crippen LogP contribution is 2.51. The lowest BCUT2D eigenvalue weighted by molar-refractivity contribution is -0.688. The molecule has 1 aliphatic rings. The molecule has 1 fully saturated rings. The fraction of sp³-hybridized carbons (Fsp3) is 1.00. The second-order valence-corrected chi connectivity index (χ2v) is 9.86. The Morgan fingerprint density at radius 3 is 1.04 bits per heavy atom. The summed E-state index contributed by atoms with van der Waals surface area (Å²) in [5.41, 5.74) is 0. The zero-order valence-corrected chi connectivity index (χ0v) is 13.8. The van der Waals surface area contributed by atoms with Crippen LogP contribution in [0.15, 0.2) is 0 Å². The summed E-state index contributed by atoms with van der Waals surface area (Å²) in [7, 11) is -14.9. The third-order valence-electron chi connectivity index (χ3n) is 3.68. The molecule has 0 amide bonds. The lowest BCUT2D eigenvalue weighted by atomic mass is 10.2. The molecule has 0 atom stereocenters. The van der Waals surface area contributed by atoms with Crippen molar-refractivity contribution in [1.29, 1.82) is 0 Å². The molecular weight excluding hydrogens is 440 g/mol. The van der Waals surface area contributed by atoms with Crippen LogP contribution in [-0.2, 0) is 20.0 Å². The number of quaternary nitrogens is 1. The summed E-state index contributed by atoms with van der Waals surface area (Å²) in [6, 6.07) is 0. The van der Waals surface area contributed by atoms with Crippen molar-refractivity contribution in [2.24, 2.45) is 0 Å². The summed E-state index contributed by atoms with van der Waals surface area (Å²) in [6.07, 6.45) is -15.7. The molecule has 1 heterocycles. The largest absolute Gasteiger partial charge is 0.491 e. The Morgan fingerprint density at radius 2 is 0.808 bits per heavy atom. The zero-order valence-electron chi connectivity index (χ0n) is 12.2. The van der Waals surface area contributed by atoms with Gasteiger partial charge in [-0.3, -0.25) is 0 Å². The molecule has 0 aromatic rings. The van der Waals surface area contributed by atoms with E-state index in [0.29, 0.717) is 0 Å². The van der Waals surface area contributed by atoms with E-state index in [-0.39, 0.29) is 6.42 Å². The van der Waals surface area contributed by atoms with Gasteiger partial charge in [-0.2, -0.15) is 60.7 Å². The Labute approximate surface area is 140 Å². The number of sulfonamides is 2. The summed E-state index contributed by atoms with van der Waals surface area (Å²) >= 11 is 0. The molecule has 0 radical (unpaired) electrons. The Balaban J connectivity index is 3.87. The average molecular weight is 450 g/mol. The maximum atomic E-state index is 13.4. The van der Waals surface area contributed by atoms with Crippen LogP contribution in [-0.4, -0.2) is 56.1 Å². The third kappa shape index (κ3) is 2.85. The van der Waals surface area contributed by atoms with Crippen molar-refractivity contribution in [2.45, 2.75) is 42.1 Å². The van der Waals surface area contributed by atoms with Gasteiger partial charge in [-0.1, -0.05) is 0 Å². The normalized spacial score (nSPS) is 20.8. The number of hydrogen-bond acceptors (Lipinski definition) is 4. The molecule has 0 unspecified atom stereocenters. The van der Waals surface area contributed by atoms with Crippen molar-refractivity contribution in [3.8, 4) is 0 Å². The van der Waals surface area contributed by atoms with Crippen molar-refractivity contribution < 1.29 is 64.0 Å². The number of halogens is 10. The monoisotopic (exact) mass is 450 g/mol. The van der Waals surface area contributed by atoms with E-state index in [1.807, 2.05) is 0 Å². The molecule has 0 aliphatic carbocycles. The second kappa shape index (κ2) is 6.08. The van der Waals surface area contributed by atoms with Crippen LogP contribution in [0.3, 0.4) is 0 Å². The first-order chi connectivity index (χ1) is 11.2. The SMILES string of the molecule is O=S(=O)(C(F)(F)C(F)(F)F)[N+]1(S(=O)(=O)C(F)(F)C(F)(F)F)CCCCC1. The lowest BCUT2D eigenvalue weighted by Crippen LogP contribution is -2.70. The first kappa shape index (κ1) is 23.2. The van der Waals surface area contributed by atoms with Gasteiger partial charge in [-0.25, -0.2) is 0 Å². The molecule has 5 nitrogen and oxygen atoms in total. The highest BCUT2D eigenvalue weighted by Gasteiger charge is 2.83. The zero-order chi connectivity index (χ0) is 21.0. The van der Waals surface area contributed by atoms with Gasteiger partial charge in [0.15, 0.2) is 0 Å².